The van der Waals surface area contributed by atoms with Crippen LogP contribution in [0.5, 0.6) is 5.75 Å². The van der Waals surface area contributed by atoms with E-state index >= 15 is 0 Å². The summed E-state index contributed by atoms with van der Waals surface area (Å²) in [5.74, 6) is 1.99. The molecule has 0 aliphatic heterocycles. The molecule has 0 saturated heterocycles. The van der Waals surface area contributed by atoms with Gasteiger partial charge in [0, 0.05) is 5.56 Å². The molecule has 1 aliphatic rings. The second-order valence-corrected chi connectivity index (χ2v) is 11.6. The van der Waals surface area contributed by atoms with Crippen molar-refractivity contribution in [2.45, 2.75) is 75.9 Å². The van der Waals surface area contributed by atoms with E-state index in [0.717, 1.165) is 24.2 Å². The molecule has 4 atom stereocenters. The van der Waals surface area contributed by atoms with Gasteiger partial charge in [-0.05, 0) is 87.1 Å². The first-order valence-electron chi connectivity index (χ1n) is 11.3. The Balaban J connectivity index is 1.97. The Kier molecular flexibility index (Phi) is 7.31. The van der Waals surface area contributed by atoms with Crippen molar-refractivity contribution < 1.29 is 13.2 Å². The van der Waals surface area contributed by atoms with Crippen LogP contribution in [0.15, 0.2) is 59.0 Å². The van der Waals surface area contributed by atoms with Crippen LogP contribution in [-0.2, 0) is 9.84 Å². The highest BCUT2D eigenvalue weighted by atomic mass is 32.2. The molecule has 31 heavy (non-hydrogen) atoms. The molecule has 0 radical (unpaired) electrons. The average molecular weight is 441 g/mol. The molecule has 1 unspecified atom stereocenters. The summed E-state index contributed by atoms with van der Waals surface area (Å²) in [4.78, 5) is 0.403. The number of sulfone groups is 1. The Hall–Kier alpha value is -2.07. The minimum atomic E-state index is -3.44. The Morgan fingerprint density at radius 2 is 1.84 bits per heavy atom. The number of aryl methyl sites for hydroxylation is 1. The topological polar surface area (TPSA) is 43.4 Å². The van der Waals surface area contributed by atoms with Crippen molar-refractivity contribution in [2.24, 2.45) is 5.92 Å². The van der Waals surface area contributed by atoms with Gasteiger partial charge < -0.3 is 4.74 Å². The highest BCUT2D eigenvalue weighted by Crippen LogP contribution is 2.47. The molecule has 0 spiro atoms. The van der Waals surface area contributed by atoms with Crippen LogP contribution in [-0.4, -0.2) is 20.8 Å². The van der Waals surface area contributed by atoms with E-state index in [1.807, 2.05) is 26.0 Å². The summed E-state index contributed by atoms with van der Waals surface area (Å²) in [5.41, 5.74) is 4.88. The van der Waals surface area contributed by atoms with Gasteiger partial charge in [-0.15, -0.1) is 0 Å². The molecule has 0 N–H and O–H groups in total. The summed E-state index contributed by atoms with van der Waals surface area (Å²) in [7, 11) is -1.70. The smallest absolute Gasteiger partial charge is 0.184 e. The summed E-state index contributed by atoms with van der Waals surface area (Å²) in [6.45, 7) is 10.5. The van der Waals surface area contributed by atoms with Crippen molar-refractivity contribution in [3.63, 3.8) is 0 Å². The van der Waals surface area contributed by atoms with Gasteiger partial charge in [0.15, 0.2) is 9.84 Å². The zero-order valence-electron chi connectivity index (χ0n) is 19.7. The summed E-state index contributed by atoms with van der Waals surface area (Å²) in [6, 6.07) is 13.3. The van der Waals surface area contributed by atoms with Crippen LogP contribution >= 0.6 is 0 Å². The Morgan fingerprint density at radius 3 is 2.45 bits per heavy atom. The van der Waals surface area contributed by atoms with Crippen molar-refractivity contribution in [1.29, 1.82) is 0 Å². The number of hydrogen-bond donors (Lipinski definition) is 0. The molecule has 0 amide bonds. The maximum atomic E-state index is 13.5. The lowest BCUT2D eigenvalue weighted by molar-refractivity contribution is 0.353. The summed E-state index contributed by atoms with van der Waals surface area (Å²) in [6.07, 6.45) is 4.72. The third kappa shape index (κ3) is 5.06. The number of allylic oxidation sites excluding steroid dienone is 1. The Bertz CT molecular complexity index is 1030. The van der Waals surface area contributed by atoms with Gasteiger partial charge in [-0.2, -0.15) is 0 Å². The summed E-state index contributed by atoms with van der Waals surface area (Å²) in [5, 5.41) is -0.524. The fourth-order valence-electron chi connectivity index (χ4n) is 5.09. The molecule has 3 nitrogen and oxygen atoms in total. The van der Waals surface area contributed by atoms with Gasteiger partial charge in [0.05, 0.1) is 17.3 Å². The largest absolute Gasteiger partial charge is 0.496 e. The van der Waals surface area contributed by atoms with Crippen LogP contribution < -0.4 is 4.74 Å². The summed E-state index contributed by atoms with van der Waals surface area (Å²) < 4.78 is 32.7. The van der Waals surface area contributed by atoms with Crippen LogP contribution in [0.25, 0.3) is 0 Å². The van der Waals surface area contributed by atoms with E-state index in [-0.39, 0.29) is 5.92 Å². The van der Waals surface area contributed by atoms with E-state index in [9.17, 15) is 8.42 Å². The van der Waals surface area contributed by atoms with Gasteiger partial charge in [0.25, 0.3) is 0 Å². The van der Waals surface area contributed by atoms with E-state index in [1.54, 1.807) is 31.4 Å². The van der Waals surface area contributed by atoms with Crippen LogP contribution in [0.4, 0.5) is 0 Å². The average Bonchev–Trinajstić information content (AvgIpc) is 2.72. The molecule has 3 rings (SSSR count). The molecule has 2 aromatic rings. The first-order valence-corrected chi connectivity index (χ1v) is 12.8. The molecule has 0 bridgehead atoms. The van der Waals surface area contributed by atoms with Gasteiger partial charge in [0.2, 0.25) is 0 Å². The lowest BCUT2D eigenvalue weighted by Gasteiger charge is -2.36. The number of hydrogen-bond acceptors (Lipinski definition) is 3. The van der Waals surface area contributed by atoms with Gasteiger partial charge in [-0.3, -0.25) is 0 Å². The minimum absolute atomic E-state index is 0.233. The van der Waals surface area contributed by atoms with Crippen molar-refractivity contribution >= 4 is 9.84 Å². The van der Waals surface area contributed by atoms with Gasteiger partial charge in [-0.25, -0.2) is 8.42 Å². The Morgan fingerprint density at radius 1 is 1.16 bits per heavy atom. The number of benzene rings is 2. The number of ether oxygens (including phenoxy) is 1. The van der Waals surface area contributed by atoms with Crippen LogP contribution in [0.1, 0.15) is 75.5 Å². The van der Waals surface area contributed by atoms with Crippen molar-refractivity contribution in [3.8, 4) is 5.75 Å². The summed E-state index contributed by atoms with van der Waals surface area (Å²) >= 11 is 0. The number of methoxy groups -OCH3 is 1. The zero-order valence-corrected chi connectivity index (χ0v) is 20.5. The number of rotatable bonds is 7. The van der Waals surface area contributed by atoms with Gasteiger partial charge >= 0.3 is 0 Å². The molecular weight excluding hydrogens is 404 g/mol. The normalized spacial score (nSPS) is 20.5. The third-order valence-electron chi connectivity index (χ3n) is 6.62. The van der Waals surface area contributed by atoms with E-state index in [0.29, 0.717) is 23.2 Å². The molecule has 1 aliphatic carbocycles. The number of fused-ring (bicyclic) bond motifs is 1. The maximum absolute atomic E-state index is 13.5. The monoisotopic (exact) mass is 440 g/mol. The predicted molar refractivity (Wildman–Crippen MR) is 129 cm³/mol. The van der Waals surface area contributed by atoms with Crippen molar-refractivity contribution in [1.82, 2.24) is 0 Å². The van der Waals surface area contributed by atoms with E-state index in [4.69, 9.17) is 4.74 Å². The maximum Gasteiger partial charge on any atom is 0.184 e. The van der Waals surface area contributed by atoms with Crippen LogP contribution in [0, 0.1) is 12.8 Å². The van der Waals surface area contributed by atoms with Gasteiger partial charge in [-0.1, -0.05) is 49.8 Å². The first kappa shape index (κ1) is 23.6. The van der Waals surface area contributed by atoms with E-state index < -0.39 is 15.1 Å². The first-order chi connectivity index (χ1) is 14.6. The zero-order chi connectivity index (χ0) is 22.8. The fourth-order valence-corrected chi connectivity index (χ4v) is 6.98. The second-order valence-electron chi connectivity index (χ2n) is 9.41. The SMILES string of the molecule is COc1cc(C)cc2c1[C@@H](C)CC[C@@H]2[C@@H](C)CC(C=C(C)C)S(=O)(=O)c1ccccc1. The molecule has 0 fully saturated rings. The fraction of sp³-hybridized carbons (Fsp3) is 0.481. The second kappa shape index (κ2) is 9.60. The predicted octanol–water partition coefficient (Wildman–Crippen LogP) is 6.82. The Labute approximate surface area is 188 Å². The lowest BCUT2D eigenvalue weighted by atomic mass is 9.71. The third-order valence-corrected chi connectivity index (χ3v) is 8.68. The lowest BCUT2D eigenvalue weighted by Crippen LogP contribution is -2.27. The molecule has 168 valence electrons. The molecule has 0 aromatic heterocycles. The van der Waals surface area contributed by atoms with Gasteiger partial charge in [0.1, 0.15) is 5.75 Å². The van der Waals surface area contributed by atoms with E-state index in [1.165, 1.54) is 16.7 Å². The van der Waals surface area contributed by atoms with E-state index in [2.05, 4.69) is 32.9 Å². The molecule has 2 aromatic carbocycles. The van der Waals surface area contributed by atoms with Crippen molar-refractivity contribution in [3.05, 3.63) is 70.8 Å². The minimum Gasteiger partial charge on any atom is -0.496 e. The quantitative estimate of drug-likeness (QED) is 0.444. The molecule has 0 heterocycles. The molecule has 0 saturated carbocycles. The molecular formula is C27H36O3S. The van der Waals surface area contributed by atoms with Crippen molar-refractivity contribution in [2.75, 3.05) is 7.11 Å². The molecule has 4 heteroatoms. The standard InChI is InChI=1S/C27H36O3S/c1-18(2)14-23(31(28,29)22-10-8-7-9-11-22)17-21(5)24-13-12-20(4)27-25(24)15-19(3)16-26(27)30-6/h7-11,14-16,20-21,23-24H,12-13,17H2,1-6H3/t20-,21-,23?,24+/m0/s1. The highest BCUT2D eigenvalue weighted by molar-refractivity contribution is 7.92. The highest BCUT2D eigenvalue weighted by Gasteiger charge is 2.34. The van der Waals surface area contributed by atoms with Crippen LogP contribution in [0.3, 0.4) is 0 Å². The van der Waals surface area contributed by atoms with Crippen LogP contribution in [0.2, 0.25) is 0 Å².